The largest absolute Gasteiger partial charge is 0.449 e. The van der Waals surface area contributed by atoms with Gasteiger partial charge in [0.05, 0.1) is 32.3 Å². The van der Waals surface area contributed by atoms with E-state index in [9.17, 15) is 9.59 Å². The van der Waals surface area contributed by atoms with Gasteiger partial charge in [0.2, 0.25) is 0 Å². The van der Waals surface area contributed by atoms with Crippen LogP contribution in [-0.2, 0) is 9.53 Å². The van der Waals surface area contributed by atoms with Gasteiger partial charge in [0, 0.05) is 5.69 Å². The molecule has 0 radical (unpaired) electrons. The molecule has 0 aliphatic heterocycles. The van der Waals surface area contributed by atoms with Crippen LogP contribution >= 0.6 is 34.8 Å². The van der Waals surface area contributed by atoms with Crippen LogP contribution in [-0.4, -0.2) is 18.0 Å². The number of nitriles is 1. The van der Waals surface area contributed by atoms with Gasteiger partial charge in [0.25, 0.3) is 5.91 Å². The summed E-state index contributed by atoms with van der Waals surface area (Å²) in [5, 5.41) is 11.6. The van der Waals surface area contributed by atoms with Gasteiger partial charge in [-0.15, -0.1) is 0 Å². The maximum atomic E-state index is 12.2. The number of hydrogen-bond donors (Lipinski definition) is 1. The first-order chi connectivity index (χ1) is 11.8. The molecular weight excluding hydrogens is 387 g/mol. The number of carbonyl (C=O) groups excluding carboxylic acids is 2. The zero-order chi connectivity index (χ0) is 18.6. The van der Waals surface area contributed by atoms with Gasteiger partial charge in [-0.2, -0.15) is 5.26 Å². The molecule has 1 atom stereocenters. The van der Waals surface area contributed by atoms with E-state index in [1.165, 1.54) is 25.1 Å². The lowest BCUT2D eigenvalue weighted by Crippen LogP contribution is -2.30. The first-order valence-electron chi connectivity index (χ1n) is 6.99. The highest BCUT2D eigenvalue weighted by molar-refractivity contribution is 6.46. The third-order valence-electron chi connectivity index (χ3n) is 3.16. The monoisotopic (exact) mass is 396 g/mol. The number of carbonyl (C=O) groups is 2. The molecule has 0 spiro atoms. The minimum Gasteiger partial charge on any atom is -0.449 e. The fourth-order valence-corrected chi connectivity index (χ4v) is 2.58. The van der Waals surface area contributed by atoms with Crippen molar-refractivity contribution >= 4 is 52.4 Å². The zero-order valence-corrected chi connectivity index (χ0v) is 15.1. The Morgan fingerprint density at radius 1 is 1.16 bits per heavy atom. The second-order valence-electron chi connectivity index (χ2n) is 4.95. The first-order valence-corrected chi connectivity index (χ1v) is 8.12. The Morgan fingerprint density at radius 3 is 2.52 bits per heavy atom. The average molecular weight is 398 g/mol. The van der Waals surface area contributed by atoms with E-state index < -0.39 is 18.0 Å². The third kappa shape index (κ3) is 4.64. The minimum atomic E-state index is -1.12. The zero-order valence-electron chi connectivity index (χ0n) is 12.8. The van der Waals surface area contributed by atoms with Crippen LogP contribution in [0.1, 0.15) is 22.8 Å². The van der Waals surface area contributed by atoms with Crippen molar-refractivity contribution in [2.75, 3.05) is 5.32 Å². The van der Waals surface area contributed by atoms with Crippen molar-refractivity contribution in [1.29, 1.82) is 5.26 Å². The maximum absolute atomic E-state index is 12.2. The number of nitrogens with one attached hydrogen (secondary N) is 1. The van der Waals surface area contributed by atoms with Crippen molar-refractivity contribution in [3.8, 4) is 6.07 Å². The van der Waals surface area contributed by atoms with Crippen molar-refractivity contribution in [1.82, 2.24) is 0 Å². The van der Waals surface area contributed by atoms with E-state index in [-0.39, 0.29) is 20.6 Å². The van der Waals surface area contributed by atoms with Crippen LogP contribution < -0.4 is 5.32 Å². The van der Waals surface area contributed by atoms with Gasteiger partial charge in [-0.25, -0.2) is 4.79 Å². The molecule has 8 heteroatoms. The molecule has 2 rings (SSSR count). The number of ether oxygens (including phenoxy) is 1. The van der Waals surface area contributed by atoms with Crippen LogP contribution in [0.2, 0.25) is 15.1 Å². The number of nitrogens with zero attached hydrogens (tertiary/aromatic N) is 1. The number of esters is 1. The molecule has 2 aromatic rings. The molecule has 0 aliphatic rings. The van der Waals surface area contributed by atoms with E-state index in [2.05, 4.69) is 5.32 Å². The number of amides is 1. The molecule has 0 fully saturated rings. The quantitative estimate of drug-likeness (QED) is 0.599. The number of anilines is 1. The molecule has 0 aromatic heterocycles. The van der Waals surface area contributed by atoms with Crippen LogP contribution in [0.5, 0.6) is 0 Å². The van der Waals surface area contributed by atoms with Gasteiger partial charge in [-0.1, -0.05) is 40.9 Å². The predicted molar refractivity (Wildman–Crippen MR) is 96.1 cm³/mol. The molecule has 1 N–H and O–H groups in total. The summed E-state index contributed by atoms with van der Waals surface area (Å²) in [4.78, 5) is 24.4. The van der Waals surface area contributed by atoms with Crippen LogP contribution in [0.25, 0.3) is 0 Å². The highest BCUT2D eigenvalue weighted by atomic mass is 35.5. The Hall–Kier alpha value is -2.26. The van der Waals surface area contributed by atoms with Gasteiger partial charge in [0.1, 0.15) is 0 Å². The molecule has 0 heterocycles. The normalized spacial score (nSPS) is 11.3. The van der Waals surface area contributed by atoms with Crippen LogP contribution in [0.3, 0.4) is 0 Å². The summed E-state index contributed by atoms with van der Waals surface area (Å²) in [7, 11) is 0. The summed E-state index contributed by atoms with van der Waals surface area (Å²) in [6.45, 7) is 1.40. The topological polar surface area (TPSA) is 79.2 Å². The lowest BCUT2D eigenvalue weighted by molar-refractivity contribution is -0.123. The molecule has 0 aliphatic carbocycles. The summed E-state index contributed by atoms with van der Waals surface area (Å²) < 4.78 is 5.10. The lowest BCUT2D eigenvalue weighted by atomic mass is 10.2. The van der Waals surface area contributed by atoms with E-state index in [4.69, 9.17) is 44.8 Å². The van der Waals surface area contributed by atoms with E-state index >= 15 is 0 Å². The minimum absolute atomic E-state index is 0.0477. The smallest absolute Gasteiger partial charge is 0.342 e. The maximum Gasteiger partial charge on any atom is 0.342 e. The second-order valence-corrected chi connectivity index (χ2v) is 6.14. The molecule has 0 unspecified atom stereocenters. The summed E-state index contributed by atoms with van der Waals surface area (Å²) in [6.07, 6.45) is -1.12. The Bertz CT molecular complexity index is 878. The molecule has 0 bridgehead atoms. The van der Waals surface area contributed by atoms with Crippen molar-refractivity contribution in [3.63, 3.8) is 0 Å². The van der Waals surface area contributed by atoms with E-state index in [1.54, 1.807) is 18.2 Å². The molecule has 1 amide bonds. The van der Waals surface area contributed by atoms with Gasteiger partial charge in [-0.05, 0) is 37.3 Å². The van der Waals surface area contributed by atoms with E-state index in [1.807, 2.05) is 6.07 Å². The predicted octanol–water partition coefficient (Wildman–Crippen LogP) is 4.70. The highest BCUT2D eigenvalue weighted by Crippen LogP contribution is 2.32. The first kappa shape index (κ1) is 19.1. The van der Waals surface area contributed by atoms with Crippen LogP contribution in [0.4, 0.5) is 5.69 Å². The van der Waals surface area contributed by atoms with Crippen LogP contribution in [0, 0.1) is 11.3 Å². The number of benzene rings is 2. The Morgan fingerprint density at radius 2 is 1.84 bits per heavy atom. The molecule has 0 saturated carbocycles. The molecule has 2 aromatic carbocycles. The number of halogens is 3. The van der Waals surface area contributed by atoms with Gasteiger partial charge in [-0.3, -0.25) is 4.79 Å². The molecule has 25 heavy (non-hydrogen) atoms. The molecule has 128 valence electrons. The van der Waals surface area contributed by atoms with Crippen molar-refractivity contribution < 1.29 is 14.3 Å². The van der Waals surface area contributed by atoms with Gasteiger partial charge >= 0.3 is 5.97 Å². The van der Waals surface area contributed by atoms with Gasteiger partial charge in [0.15, 0.2) is 6.10 Å². The SMILES string of the molecule is C[C@H](OC(=O)c1c(Cl)ccc(Cl)c1Cl)C(=O)Nc1cccc(C#N)c1. The van der Waals surface area contributed by atoms with Crippen molar-refractivity contribution in [2.24, 2.45) is 0 Å². The standard InChI is InChI=1S/C17H11Cl3N2O3/c1-9(16(23)22-11-4-2-3-10(7-11)8-21)25-17(24)14-12(18)5-6-13(19)15(14)20/h2-7,9H,1H3,(H,22,23)/t9-/m0/s1. The van der Waals surface area contributed by atoms with Crippen LogP contribution in [0.15, 0.2) is 36.4 Å². The fraction of sp³-hybridized carbons (Fsp3) is 0.118. The molecular formula is C17H11Cl3N2O3. The van der Waals surface area contributed by atoms with Crippen molar-refractivity contribution in [2.45, 2.75) is 13.0 Å². The van der Waals surface area contributed by atoms with E-state index in [0.29, 0.717) is 11.3 Å². The lowest BCUT2D eigenvalue weighted by Gasteiger charge is -2.15. The summed E-state index contributed by atoms with van der Waals surface area (Å²) in [5.74, 6) is -1.44. The summed E-state index contributed by atoms with van der Waals surface area (Å²) in [5.41, 5.74) is 0.688. The third-order valence-corrected chi connectivity index (χ3v) is 4.28. The Labute approximate surface area is 159 Å². The Kier molecular flexibility index (Phi) is 6.27. The van der Waals surface area contributed by atoms with E-state index in [0.717, 1.165) is 0 Å². The molecule has 5 nitrogen and oxygen atoms in total. The number of hydrogen-bond acceptors (Lipinski definition) is 4. The summed E-state index contributed by atoms with van der Waals surface area (Å²) >= 11 is 17.8. The second kappa shape index (κ2) is 8.21. The molecule has 0 saturated heterocycles. The highest BCUT2D eigenvalue weighted by Gasteiger charge is 2.24. The number of rotatable bonds is 4. The summed E-state index contributed by atoms with van der Waals surface area (Å²) in [6, 6.07) is 11.1. The van der Waals surface area contributed by atoms with Gasteiger partial charge < -0.3 is 10.1 Å². The average Bonchev–Trinajstić information content (AvgIpc) is 2.58. The fourth-order valence-electron chi connectivity index (χ4n) is 1.90. The van der Waals surface area contributed by atoms with Crippen molar-refractivity contribution in [3.05, 3.63) is 62.6 Å². The Balaban J connectivity index is 2.10.